The Kier molecular flexibility index (Phi) is 5.13. The van der Waals surface area contributed by atoms with Crippen molar-refractivity contribution < 1.29 is 9.18 Å². The zero-order valence-corrected chi connectivity index (χ0v) is 15.2. The largest absolute Gasteiger partial charge is 0.346 e. The molecule has 1 aromatic carbocycles. The van der Waals surface area contributed by atoms with Crippen molar-refractivity contribution >= 4 is 17.5 Å². The van der Waals surface area contributed by atoms with E-state index in [1.165, 1.54) is 6.07 Å². The van der Waals surface area contributed by atoms with Crippen LogP contribution in [0.2, 0.25) is 5.02 Å². The summed E-state index contributed by atoms with van der Waals surface area (Å²) >= 11 is 5.77. The molecule has 2 aliphatic rings. The predicted octanol–water partition coefficient (Wildman–Crippen LogP) is 2.61. The van der Waals surface area contributed by atoms with Gasteiger partial charge in [0.05, 0.1) is 5.02 Å². The predicted molar refractivity (Wildman–Crippen MR) is 93.5 cm³/mol. The summed E-state index contributed by atoms with van der Waals surface area (Å²) in [5.41, 5.74) is 0.974. The molecular formula is C18H25ClFN3O. The maximum absolute atomic E-state index is 13.7. The van der Waals surface area contributed by atoms with Crippen LogP contribution in [0.3, 0.4) is 0 Å². The highest BCUT2D eigenvalue weighted by molar-refractivity contribution is 6.30. The van der Waals surface area contributed by atoms with Gasteiger partial charge in [-0.15, -0.1) is 0 Å². The molecule has 0 saturated carbocycles. The van der Waals surface area contributed by atoms with Crippen molar-refractivity contribution in [3.63, 3.8) is 0 Å². The number of carbonyl (C=O) groups is 1. The van der Waals surface area contributed by atoms with Gasteiger partial charge < -0.3 is 4.90 Å². The third kappa shape index (κ3) is 3.58. The number of rotatable bonds is 2. The molecule has 24 heavy (non-hydrogen) atoms. The molecule has 0 bridgehead atoms. The Bertz CT molecular complexity index is 626. The molecule has 1 amide bonds. The molecule has 1 atom stereocenters. The molecule has 0 N–H and O–H groups in total. The van der Waals surface area contributed by atoms with Crippen LogP contribution in [-0.4, -0.2) is 66.4 Å². The summed E-state index contributed by atoms with van der Waals surface area (Å²) in [4.78, 5) is 18.7. The summed E-state index contributed by atoms with van der Waals surface area (Å²) in [6.07, 6.45) is 2.47. The first-order valence-corrected chi connectivity index (χ1v) is 8.89. The van der Waals surface area contributed by atoms with Gasteiger partial charge in [0.15, 0.2) is 0 Å². The third-order valence-electron chi connectivity index (χ3n) is 5.61. The van der Waals surface area contributed by atoms with Gasteiger partial charge in [-0.3, -0.25) is 14.6 Å². The van der Waals surface area contributed by atoms with Crippen LogP contribution in [0.4, 0.5) is 4.39 Å². The maximum Gasteiger partial charge on any atom is 0.222 e. The van der Waals surface area contributed by atoms with Crippen LogP contribution in [-0.2, 0) is 11.3 Å². The van der Waals surface area contributed by atoms with Crippen molar-refractivity contribution in [1.82, 2.24) is 14.7 Å². The second-order valence-corrected chi connectivity index (χ2v) is 7.58. The molecule has 1 aromatic rings. The molecule has 132 valence electrons. The fraction of sp³-hybridized carbons (Fsp3) is 0.611. The SMILES string of the molecule is CN1CC[C@@]2(CCC1=O)CN(Cc1ccc(Cl)c(F)c1)CCN2C. The van der Waals surface area contributed by atoms with Crippen LogP contribution in [0, 0.1) is 5.82 Å². The van der Waals surface area contributed by atoms with Gasteiger partial charge in [0.1, 0.15) is 5.82 Å². The molecule has 2 aliphatic heterocycles. The van der Waals surface area contributed by atoms with E-state index in [4.69, 9.17) is 11.6 Å². The number of nitrogens with zero attached hydrogens (tertiary/aromatic N) is 3. The summed E-state index contributed by atoms with van der Waals surface area (Å²) in [6.45, 7) is 4.34. The Morgan fingerprint density at radius 2 is 2.00 bits per heavy atom. The van der Waals surface area contributed by atoms with Gasteiger partial charge in [0.25, 0.3) is 0 Å². The number of amides is 1. The van der Waals surface area contributed by atoms with Gasteiger partial charge in [0.2, 0.25) is 5.91 Å². The lowest BCUT2D eigenvalue weighted by Crippen LogP contribution is -2.60. The average Bonchev–Trinajstić information content (AvgIpc) is 2.69. The fourth-order valence-electron chi connectivity index (χ4n) is 3.87. The molecule has 0 unspecified atom stereocenters. The molecule has 0 aromatic heterocycles. The monoisotopic (exact) mass is 353 g/mol. The Morgan fingerprint density at radius 1 is 1.21 bits per heavy atom. The Hall–Kier alpha value is -1.17. The van der Waals surface area contributed by atoms with Crippen molar-refractivity contribution in [2.45, 2.75) is 31.3 Å². The molecular weight excluding hydrogens is 329 g/mol. The van der Waals surface area contributed by atoms with Crippen molar-refractivity contribution in [2.75, 3.05) is 40.3 Å². The number of carbonyl (C=O) groups excluding carboxylic acids is 1. The highest BCUT2D eigenvalue weighted by Gasteiger charge is 2.41. The molecule has 2 saturated heterocycles. The topological polar surface area (TPSA) is 26.8 Å². The number of likely N-dealkylation sites (N-methyl/N-ethyl adjacent to an activating group) is 1. The van der Waals surface area contributed by atoms with Crippen LogP contribution in [0.1, 0.15) is 24.8 Å². The number of piperazine rings is 1. The van der Waals surface area contributed by atoms with Crippen molar-refractivity contribution in [2.24, 2.45) is 0 Å². The number of hydrogen-bond acceptors (Lipinski definition) is 3. The summed E-state index contributed by atoms with van der Waals surface area (Å²) in [7, 11) is 4.05. The third-order valence-corrected chi connectivity index (χ3v) is 5.92. The van der Waals surface area contributed by atoms with E-state index in [0.717, 1.165) is 44.6 Å². The minimum absolute atomic E-state index is 0.0314. The summed E-state index contributed by atoms with van der Waals surface area (Å²) in [5, 5.41) is 0.166. The lowest BCUT2D eigenvalue weighted by Gasteiger charge is -2.49. The molecule has 0 aliphatic carbocycles. The standard InChI is InChI=1S/C18H25ClFN3O/c1-21-8-7-18(6-5-17(21)24)13-23(10-9-22(18)2)12-14-3-4-15(19)16(20)11-14/h3-4,11H,5-10,12-13H2,1-2H3/t18-/m0/s1. The van der Waals surface area contributed by atoms with Crippen molar-refractivity contribution in [3.8, 4) is 0 Å². The number of hydrogen-bond donors (Lipinski definition) is 0. The number of likely N-dealkylation sites (tertiary alicyclic amines) is 1. The summed E-state index contributed by atoms with van der Waals surface area (Å²) in [6, 6.07) is 5.04. The summed E-state index contributed by atoms with van der Waals surface area (Å²) in [5.74, 6) is -0.128. The van der Waals surface area contributed by atoms with Gasteiger partial charge in [-0.1, -0.05) is 17.7 Å². The van der Waals surface area contributed by atoms with Gasteiger partial charge in [-0.25, -0.2) is 4.39 Å². The van der Waals surface area contributed by atoms with E-state index in [0.29, 0.717) is 13.0 Å². The normalized spacial score (nSPS) is 26.8. The van der Waals surface area contributed by atoms with E-state index < -0.39 is 0 Å². The van der Waals surface area contributed by atoms with Crippen LogP contribution < -0.4 is 0 Å². The first kappa shape index (κ1) is 17.6. The minimum atomic E-state index is -0.361. The highest BCUT2D eigenvalue weighted by Crippen LogP contribution is 2.32. The Labute approximate surface area is 148 Å². The molecule has 4 nitrogen and oxygen atoms in total. The van der Waals surface area contributed by atoms with Gasteiger partial charge in [-0.05, 0) is 37.6 Å². The molecule has 0 radical (unpaired) electrons. The molecule has 6 heteroatoms. The van der Waals surface area contributed by atoms with E-state index in [2.05, 4.69) is 16.8 Å². The lowest BCUT2D eigenvalue weighted by atomic mass is 9.86. The zero-order chi connectivity index (χ0) is 17.3. The van der Waals surface area contributed by atoms with Crippen LogP contribution in [0.5, 0.6) is 0 Å². The maximum atomic E-state index is 13.7. The van der Waals surface area contributed by atoms with Crippen molar-refractivity contribution in [1.29, 1.82) is 0 Å². The minimum Gasteiger partial charge on any atom is -0.346 e. The smallest absolute Gasteiger partial charge is 0.222 e. The van der Waals surface area contributed by atoms with Crippen LogP contribution >= 0.6 is 11.6 Å². The Morgan fingerprint density at radius 3 is 2.75 bits per heavy atom. The molecule has 3 rings (SSSR count). The van der Waals surface area contributed by atoms with Crippen molar-refractivity contribution in [3.05, 3.63) is 34.6 Å². The first-order valence-electron chi connectivity index (χ1n) is 8.51. The molecule has 2 heterocycles. The van der Waals surface area contributed by atoms with Crippen LogP contribution in [0.25, 0.3) is 0 Å². The van der Waals surface area contributed by atoms with Gasteiger partial charge in [-0.2, -0.15) is 0 Å². The first-order chi connectivity index (χ1) is 11.4. The van der Waals surface area contributed by atoms with E-state index in [9.17, 15) is 9.18 Å². The number of benzene rings is 1. The lowest BCUT2D eigenvalue weighted by molar-refractivity contribution is -0.129. The highest BCUT2D eigenvalue weighted by atomic mass is 35.5. The average molecular weight is 354 g/mol. The van der Waals surface area contributed by atoms with E-state index >= 15 is 0 Å². The quantitative estimate of drug-likeness (QED) is 0.817. The van der Waals surface area contributed by atoms with Gasteiger partial charge in [0, 0.05) is 51.7 Å². The summed E-state index contributed by atoms with van der Waals surface area (Å²) < 4.78 is 13.7. The van der Waals surface area contributed by atoms with Gasteiger partial charge >= 0.3 is 0 Å². The van der Waals surface area contributed by atoms with E-state index in [1.807, 2.05) is 18.0 Å². The molecule has 1 spiro atoms. The Balaban J connectivity index is 1.73. The van der Waals surface area contributed by atoms with Crippen LogP contribution in [0.15, 0.2) is 18.2 Å². The van der Waals surface area contributed by atoms with E-state index in [1.54, 1.807) is 6.07 Å². The van der Waals surface area contributed by atoms with E-state index in [-0.39, 0.29) is 22.3 Å². The second kappa shape index (κ2) is 6.98. The fourth-order valence-corrected chi connectivity index (χ4v) is 3.99. The number of halogens is 2. The molecule has 2 fully saturated rings. The second-order valence-electron chi connectivity index (χ2n) is 7.17. The zero-order valence-electron chi connectivity index (χ0n) is 14.4.